The van der Waals surface area contributed by atoms with Gasteiger partial charge >= 0.3 is 5.97 Å². The molecule has 88 valence electrons. The van der Waals surface area contributed by atoms with Crippen molar-refractivity contribution in [2.24, 2.45) is 0 Å². The molecule has 17 heavy (non-hydrogen) atoms. The van der Waals surface area contributed by atoms with E-state index in [1.165, 1.54) is 7.11 Å². The summed E-state index contributed by atoms with van der Waals surface area (Å²) < 4.78 is 9.56. The van der Waals surface area contributed by atoms with E-state index < -0.39 is 5.97 Å². The maximum Gasteiger partial charge on any atom is 0.338 e. The molecule has 2 heterocycles. The van der Waals surface area contributed by atoms with Crippen molar-refractivity contribution in [2.45, 2.75) is 18.8 Å². The molecule has 3 rings (SSSR count). The largest absolute Gasteiger partial charge is 0.491 e. The second-order valence-electron chi connectivity index (χ2n) is 4.05. The molecule has 1 fully saturated rings. The molecule has 0 aliphatic heterocycles. The van der Waals surface area contributed by atoms with Crippen molar-refractivity contribution in [3.05, 3.63) is 17.3 Å². The second-order valence-corrected chi connectivity index (χ2v) is 4.05. The zero-order valence-corrected chi connectivity index (χ0v) is 9.14. The van der Waals surface area contributed by atoms with Crippen molar-refractivity contribution >= 4 is 17.1 Å². The first-order valence-corrected chi connectivity index (χ1v) is 5.28. The van der Waals surface area contributed by atoms with E-state index in [0.29, 0.717) is 5.92 Å². The van der Waals surface area contributed by atoms with Crippen molar-refractivity contribution in [1.82, 2.24) is 10.1 Å². The lowest BCUT2D eigenvalue weighted by Crippen LogP contribution is -2.04. The molecule has 0 unspecified atom stereocenters. The van der Waals surface area contributed by atoms with E-state index in [9.17, 15) is 9.90 Å². The molecule has 0 amide bonds. The van der Waals surface area contributed by atoms with Gasteiger partial charge in [0.15, 0.2) is 0 Å². The van der Waals surface area contributed by atoms with Crippen molar-refractivity contribution in [3.8, 4) is 5.88 Å². The van der Waals surface area contributed by atoms with Crippen LogP contribution in [0.5, 0.6) is 5.88 Å². The third-order valence-corrected chi connectivity index (χ3v) is 2.85. The molecule has 0 atom stereocenters. The van der Waals surface area contributed by atoms with E-state index in [1.807, 2.05) is 0 Å². The first-order valence-electron chi connectivity index (χ1n) is 5.28. The second kappa shape index (κ2) is 3.44. The number of carbonyl (C=O) groups excluding carboxylic acids is 1. The van der Waals surface area contributed by atoms with Gasteiger partial charge in [0, 0.05) is 11.6 Å². The first-order chi connectivity index (χ1) is 8.20. The summed E-state index contributed by atoms with van der Waals surface area (Å²) in [6.45, 7) is 0. The third-order valence-electron chi connectivity index (χ3n) is 2.85. The average Bonchev–Trinajstić information content (AvgIpc) is 3.13. The number of hydrogen-bond donors (Lipinski definition) is 1. The van der Waals surface area contributed by atoms with Gasteiger partial charge in [-0.05, 0) is 24.1 Å². The highest BCUT2D eigenvalue weighted by atomic mass is 16.5. The van der Waals surface area contributed by atoms with Gasteiger partial charge < -0.3 is 14.4 Å². The Morgan fingerprint density at radius 3 is 3.00 bits per heavy atom. The van der Waals surface area contributed by atoms with Gasteiger partial charge in [0.1, 0.15) is 5.39 Å². The Labute approximate surface area is 96.2 Å². The van der Waals surface area contributed by atoms with Gasteiger partial charge in [-0.2, -0.15) is 0 Å². The minimum atomic E-state index is -0.530. The van der Waals surface area contributed by atoms with Crippen LogP contribution in [0.25, 0.3) is 11.1 Å². The molecule has 2 aromatic rings. The van der Waals surface area contributed by atoms with Gasteiger partial charge in [0.25, 0.3) is 11.6 Å². The molecule has 0 bridgehead atoms. The molecule has 0 spiro atoms. The number of methoxy groups -OCH3 is 1. The standard InChI is InChI=1S/C11H10N2O4/c1-16-11(15)6-4-7(5-2-3-5)12-10-8(6)9(14)13-17-10/h4-5H,2-3H2,1H3,(H,13,14). The van der Waals surface area contributed by atoms with Crippen molar-refractivity contribution < 1.29 is 19.2 Å². The van der Waals surface area contributed by atoms with E-state index in [0.717, 1.165) is 18.5 Å². The lowest BCUT2D eigenvalue weighted by Gasteiger charge is -2.03. The number of esters is 1. The summed E-state index contributed by atoms with van der Waals surface area (Å²) in [6, 6.07) is 1.64. The van der Waals surface area contributed by atoms with Crippen LogP contribution in [-0.2, 0) is 4.74 Å². The maximum absolute atomic E-state index is 11.6. The summed E-state index contributed by atoms with van der Waals surface area (Å²) >= 11 is 0. The summed E-state index contributed by atoms with van der Waals surface area (Å²) in [7, 11) is 1.29. The summed E-state index contributed by atoms with van der Waals surface area (Å²) in [4.78, 5) is 15.9. The Hall–Kier alpha value is -2.11. The van der Waals surface area contributed by atoms with E-state index in [2.05, 4.69) is 14.9 Å². The molecule has 1 N–H and O–H groups in total. The van der Waals surface area contributed by atoms with Crippen LogP contribution < -0.4 is 0 Å². The van der Waals surface area contributed by atoms with Gasteiger partial charge in [-0.15, -0.1) is 0 Å². The Bertz CT molecular complexity index is 601. The Morgan fingerprint density at radius 1 is 1.59 bits per heavy atom. The van der Waals surface area contributed by atoms with Crippen molar-refractivity contribution in [2.75, 3.05) is 7.11 Å². The molecule has 1 aliphatic carbocycles. The van der Waals surface area contributed by atoms with E-state index in [4.69, 9.17) is 4.52 Å². The molecule has 1 saturated carbocycles. The van der Waals surface area contributed by atoms with Crippen molar-refractivity contribution in [1.29, 1.82) is 0 Å². The number of carbonyl (C=O) groups is 1. The number of aromatic hydroxyl groups is 1. The molecule has 6 nitrogen and oxygen atoms in total. The lowest BCUT2D eigenvalue weighted by molar-refractivity contribution is 0.0602. The van der Waals surface area contributed by atoms with Crippen LogP contribution in [0.2, 0.25) is 0 Å². The summed E-state index contributed by atoms with van der Waals surface area (Å²) in [5.41, 5.74) is 1.21. The maximum atomic E-state index is 11.6. The van der Waals surface area contributed by atoms with E-state index >= 15 is 0 Å². The summed E-state index contributed by atoms with van der Waals surface area (Å²) in [5.74, 6) is -0.497. The normalized spacial score (nSPS) is 15.1. The van der Waals surface area contributed by atoms with Crippen LogP contribution >= 0.6 is 0 Å². The van der Waals surface area contributed by atoms with Crippen molar-refractivity contribution in [3.63, 3.8) is 0 Å². The molecule has 0 saturated heterocycles. The number of aromatic nitrogens is 2. The Morgan fingerprint density at radius 2 is 2.35 bits per heavy atom. The minimum absolute atomic E-state index is 0.173. The topological polar surface area (TPSA) is 85.5 Å². The van der Waals surface area contributed by atoms with Gasteiger partial charge in [-0.3, -0.25) is 0 Å². The Kier molecular flexibility index (Phi) is 2.04. The molecular weight excluding hydrogens is 224 g/mol. The van der Waals surface area contributed by atoms with Crippen LogP contribution in [-0.4, -0.2) is 28.3 Å². The molecule has 0 radical (unpaired) electrons. The molecule has 2 aromatic heterocycles. The van der Waals surface area contributed by atoms with Gasteiger partial charge in [0.2, 0.25) is 0 Å². The van der Waals surface area contributed by atoms with E-state index in [1.54, 1.807) is 6.07 Å². The molecule has 0 aromatic carbocycles. The molecular formula is C11H10N2O4. The number of ether oxygens (including phenoxy) is 1. The van der Waals surface area contributed by atoms with Gasteiger partial charge in [-0.25, -0.2) is 9.78 Å². The highest BCUT2D eigenvalue weighted by Gasteiger charge is 2.29. The van der Waals surface area contributed by atoms with Crippen LogP contribution in [0.3, 0.4) is 0 Å². The highest BCUT2D eigenvalue weighted by molar-refractivity contribution is 6.04. The van der Waals surface area contributed by atoms with E-state index in [-0.39, 0.29) is 22.5 Å². The zero-order chi connectivity index (χ0) is 12.0. The number of fused-ring (bicyclic) bond motifs is 1. The fraction of sp³-hybridized carbons (Fsp3) is 0.364. The minimum Gasteiger partial charge on any atom is -0.491 e. The SMILES string of the molecule is COC(=O)c1cc(C2CC2)nc2onc(O)c12. The van der Waals surface area contributed by atoms with Gasteiger partial charge in [-0.1, -0.05) is 0 Å². The number of hydrogen-bond acceptors (Lipinski definition) is 6. The molecule has 6 heteroatoms. The number of rotatable bonds is 2. The van der Waals surface area contributed by atoms with Crippen LogP contribution in [0.4, 0.5) is 0 Å². The van der Waals surface area contributed by atoms with Crippen LogP contribution in [0.1, 0.15) is 34.8 Å². The quantitative estimate of drug-likeness (QED) is 0.794. The van der Waals surface area contributed by atoms with Crippen LogP contribution in [0, 0.1) is 0 Å². The predicted molar refractivity (Wildman–Crippen MR) is 56.8 cm³/mol. The zero-order valence-electron chi connectivity index (χ0n) is 9.14. The Balaban J connectivity index is 2.26. The average molecular weight is 234 g/mol. The highest BCUT2D eigenvalue weighted by Crippen LogP contribution is 2.41. The fourth-order valence-corrected chi connectivity index (χ4v) is 1.81. The number of nitrogens with zero attached hydrogens (tertiary/aromatic N) is 2. The molecule has 1 aliphatic rings. The fourth-order valence-electron chi connectivity index (χ4n) is 1.81. The summed E-state index contributed by atoms with van der Waals surface area (Å²) in [5, 5.41) is 13.1. The van der Waals surface area contributed by atoms with Gasteiger partial charge in [0.05, 0.1) is 12.7 Å². The lowest BCUT2D eigenvalue weighted by atomic mass is 10.1. The predicted octanol–water partition coefficient (Wildman–Crippen LogP) is 1.59. The summed E-state index contributed by atoms with van der Waals surface area (Å²) in [6.07, 6.45) is 2.11. The third kappa shape index (κ3) is 1.52. The smallest absolute Gasteiger partial charge is 0.338 e. The monoisotopic (exact) mass is 234 g/mol. The van der Waals surface area contributed by atoms with Crippen LogP contribution in [0.15, 0.2) is 10.6 Å². The number of pyridine rings is 1. The first kappa shape index (κ1) is 10.1.